The first kappa shape index (κ1) is 17.5. The first-order valence-electron chi connectivity index (χ1n) is 8.14. The Hall–Kier alpha value is -3.34. The van der Waals surface area contributed by atoms with Gasteiger partial charge in [0.25, 0.3) is 5.91 Å². The summed E-state index contributed by atoms with van der Waals surface area (Å²) in [5.41, 5.74) is 3.74. The third-order valence-electron chi connectivity index (χ3n) is 3.86. The van der Waals surface area contributed by atoms with Gasteiger partial charge in [0.2, 0.25) is 0 Å². The number of hydrogen-bond acceptors (Lipinski definition) is 3. The molecule has 0 heterocycles. The van der Waals surface area contributed by atoms with Gasteiger partial charge in [0.15, 0.2) is 0 Å². The SMILES string of the molecule is COc1ccc(C)cc1Nc1ccc(NC(=O)c2cccc(F)c2)cc1. The summed E-state index contributed by atoms with van der Waals surface area (Å²) in [6, 6.07) is 18.7. The minimum Gasteiger partial charge on any atom is -0.495 e. The Morgan fingerprint density at radius 1 is 0.962 bits per heavy atom. The summed E-state index contributed by atoms with van der Waals surface area (Å²) in [6.07, 6.45) is 0. The average Bonchev–Trinajstić information content (AvgIpc) is 2.63. The van der Waals surface area contributed by atoms with Crippen LogP contribution in [0, 0.1) is 12.7 Å². The van der Waals surface area contributed by atoms with Gasteiger partial charge in [-0.2, -0.15) is 0 Å². The summed E-state index contributed by atoms with van der Waals surface area (Å²) in [5, 5.41) is 6.05. The highest BCUT2D eigenvalue weighted by molar-refractivity contribution is 6.04. The minimum absolute atomic E-state index is 0.275. The van der Waals surface area contributed by atoms with Crippen molar-refractivity contribution in [3.63, 3.8) is 0 Å². The van der Waals surface area contributed by atoms with Crippen LogP contribution in [0.2, 0.25) is 0 Å². The highest BCUT2D eigenvalue weighted by Gasteiger charge is 2.08. The molecule has 4 nitrogen and oxygen atoms in total. The van der Waals surface area contributed by atoms with Gasteiger partial charge in [-0.25, -0.2) is 4.39 Å². The van der Waals surface area contributed by atoms with Gasteiger partial charge in [0.1, 0.15) is 11.6 Å². The fourth-order valence-electron chi connectivity index (χ4n) is 2.54. The summed E-state index contributed by atoms with van der Waals surface area (Å²) >= 11 is 0. The van der Waals surface area contributed by atoms with E-state index in [1.807, 2.05) is 37.3 Å². The van der Waals surface area contributed by atoms with Crippen molar-refractivity contribution < 1.29 is 13.9 Å². The maximum Gasteiger partial charge on any atom is 0.255 e. The van der Waals surface area contributed by atoms with Crippen LogP contribution in [0.1, 0.15) is 15.9 Å². The first-order valence-corrected chi connectivity index (χ1v) is 8.14. The Labute approximate surface area is 151 Å². The zero-order valence-corrected chi connectivity index (χ0v) is 14.5. The van der Waals surface area contributed by atoms with Gasteiger partial charge in [-0.1, -0.05) is 12.1 Å². The second-order valence-electron chi connectivity index (χ2n) is 5.87. The van der Waals surface area contributed by atoms with E-state index >= 15 is 0 Å². The maximum absolute atomic E-state index is 13.2. The molecule has 0 atom stereocenters. The number of carbonyl (C=O) groups excluding carboxylic acids is 1. The van der Waals surface area contributed by atoms with Crippen molar-refractivity contribution in [2.45, 2.75) is 6.92 Å². The van der Waals surface area contributed by atoms with Gasteiger partial charge < -0.3 is 15.4 Å². The molecule has 0 saturated carbocycles. The number of halogens is 1. The number of carbonyl (C=O) groups is 1. The summed E-state index contributed by atoms with van der Waals surface area (Å²) in [6.45, 7) is 2.01. The molecule has 0 aromatic heterocycles. The van der Waals surface area contributed by atoms with Crippen molar-refractivity contribution in [3.8, 4) is 5.75 Å². The molecule has 3 aromatic rings. The zero-order valence-electron chi connectivity index (χ0n) is 14.5. The van der Waals surface area contributed by atoms with Gasteiger partial charge >= 0.3 is 0 Å². The summed E-state index contributed by atoms with van der Waals surface area (Å²) in [4.78, 5) is 12.2. The summed E-state index contributed by atoms with van der Waals surface area (Å²) < 4.78 is 18.6. The lowest BCUT2D eigenvalue weighted by Gasteiger charge is -2.13. The first-order chi connectivity index (χ1) is 12.5. The highest BCUT2D eigenvalue weighted by atomic mass is 19.1. The largest absolute Gasteiger partial charge is 0.495 e. The van der Waals surface area contributed by atoms with Gasteiger partial charge in [0.05, 0.1) is 12.8 Å². The van der Waals surface area contributed by atoms with E-state index in [-0.39, 0.29) is 11.5 Å². The van der Waals surface area contributed by atoms with Crippen molar-refractivity contribution in [3.05, 3.63) is 83.7 Å². The van der Waals surface area contributed by atoms with E-state index in [9.17, 15) is 9.18 Å². The predicted octanol–water partition coefficient (Wildman–Crippen LogP) is 5.14. The van der Waals surface area contributed by atoms with Crippen LogP contribution >= 0.6 is 0 Å². The maximum atomic E-state index is 13.2. The quantitative estimate of drug-likeness (QED) is 0.670. The number of anilines is 3. The number of benzene rings is 3. The molecule has 0 spiro atoms. The van der Waals surface area contributed by atoms with Crippen molar-refractivity contribution in [2.75, 3.05) is 17.7 Å². The van der Waals surface area contributed by atoms with Gasteiger partial charge in [0, 0.05) is 16.9 Å². The van der Waals surface area contributed by atoms with Crippen molar-refractivity contribution >= 4 is 23.0 Å². The van der Waals surface area contributed by atoms with Crippen LogP contribution in [0.4, 0.5) is 21.5 Å². The molecule has 0 aliphatic rings. The Kier molecular flexibility index (Phi) is 5.17. The van der Waals surface area contributed by atoms with E-state index < -0.39 is 5.82 Å². The summed E-state index contributed by atoms with van der Waals surface area (Å²) in [7, 11) is 1.63. The van der Waals surface area contributed by atoms with E-state index in [2.05, 4.69) is 10.6 Å². The third kappa shape index (κ3) is 4.19. The fraction of sp³-hybridized carbons (Fsp3) is 0.0952. The van der Waals surface area contributed by atoms with E-state index in [0.717, 1.165) is 22.7 Å². The van der Waals surface area contributed by atoms with Crippen LogP contribution < -0.4 is 15.4 Å². The molecule has 0 aliphatic heterocycles. The Balaban J connectivity index is 1.71. The van der Waals surface area contributed by atoms with Crippen molar-refractivity contribution in [1.82, 2.24) is 0 Å². The molecule has 0 aliphatic carbocycles. The number of amides is 1. The number of rotatable bonds is 5. The van der Waals surface area contributed by atoms with E-state index in [1.54, 1.807) is 25.3 Å². The molecule has 0 saturated heterocycles. The molecule has 1 amide bonds. The van der Waals surface area contributed by atoms with Gasteiger partial charge in [-0.3, -0.25) is 4.79 Å². The topological polar surface area (TPSA) is 50.4 Å². The molecular formula is C21H19FN2O2. The molecule has 26 heavy (non-hydrogen) atoms. The normalized spacial score (nSPS) is 10.3. The van der Waals surface area contributed by atoms with Crippen molar-refractivity contribution in [1.29, 1.82) is 0 Å². The summed E-state index contributed by atoms with van der Waals surface area (Å²) in [5.74, 6) is -0.0473. The lowest BCUT2D eigenvalue weighted by molar-refractivity contribution is 0.102. The number of ether oxygens (including phenoxy) is 1. The van der Waals surface area contributed by atoms with E-state index in [0.29, 0.717) is 5.69 Å². The number of aryl methyl sites for hydroxylation is 1. The van der Waals surface area contributed by atoms with Crippen LogP contribution in [0.15, 0.2) is 66.7 Å². The number of hydrogen-bond donors (Lipinski definition) is 2. The monoisotopic (exact) mass is 350 g/mol. The second kappa shape index (κ2) is 7.70. The number of methoxy groups -OCH3 is 1. The number of nitrogens with one attached hydrogen (secondary N) is 2. The van der Waals surface area contributed by atoms with Crippen LogP contribution in [-0.2, 0) is 0 Å². The Bertz CT molecular complexity index is 924. The van der Waals surface area contributed by atoms with Gasteiger partial charge in [-0.05, 0) is 67.1 Å². The highest BCUT2D eigenvalue weighted by Crippen LogP contribution is 2.29. The Morgan fingerprint density at radius 2 is 1.69 bits per heavy atom. The molecule has 0 fully saturated rings. The molecule has 3 rings (SSSR count). The smallest absolute Gasteiger partial charge is 0.255 e. The van der Waals surface area contributed by atoms with Crippen LogP contribution in [0.25, 0.3) is 0 Å². The molecular weight excluding hydrogens is 331 g/mol. The molecule has 2 N–H and O–H groups in total. The molecule has 5 heteroatoms. The fourth-order valence-corrected chi connectivity index (χ4v) is 2.54. The molecule has 0 unspecified atom stereocenters. The molecule has 132 valence electrons. The third-order valence-corrected chi connectivity index (χ3v) is 3.86. The standard InChI is InChI=1S/C21H19FN2O2/c1-14-6-11-20(26-2)19(12-14)23-17-7-9-18(10-8-17)24-21(25)15-4-3-5-16(22)13-15/h3-13,23H,1-2H3,(H,24,25). The molecule has 3 aromatic carbocycles. The Morgan fingerprint density at radius 3 is 2.38 bits per heavy atom. The van der Waals surface area contributed by atoms with Crippen molar-refractivity contribution in [2.24, 2.45) is 0 Å². The molecule has 0 bridgehead atoms. The van der Waals surface area contributed by atoms with E-state index in [4.69, 9.17) is 4.74 Å². The molecule has 0 radical (unpaired) electrons. The predicted molar refractivity (Wildman–Crippen MR) is 102 cm³/mol. The lowest BCUT2D eigenvalue weighted by atomic mass is 10.2. The van der Waals surface area contributed by atoms with Gasteiger partial charge in [-0.15, -0.1) is 0 Å². The zero-order chi connectivity index (χ0) is 18.5. The van der Waals surface area contributed by atoms with E-state index in [1.165, 1.54) is 18.2 Å². The van der Waals surface area contributed by atoms with Crippen LogP contribution in [0.3, 0.4) is 0 Å². The minimum atomic E-state index is -0.440. The average molecular weight is 350 g/mol. The second-order valence-corrected chi connectivity index (χ2v) is 5.87. The van der Waals surface area contributed by atoms with Crippen LogP contribution in [-0.4, -0.2) is 13.0 Å². The lowest BCUT2D eigenvalue weighted by Crippen LogP contribution is -2.11. The van der Waals surface area contributed by atoms with Crippen LogP contribution in [0.5, 0.6) is 5.75 Å².